The van der Waals surface area contributed by atoms with Crippen LogP contribution in [0.1, 0.15) is 43.7 Å². The second-order valence-corrected chi connectivity index (χ2v) is 7.09. The Labute approximate surface area is 178 Å². The summed E-state index contributed by atoms with van der Waals surface area (Å²) in [6.45, 7) is 4.45. The minimum absolute atomic E-state index is 0. The van der Waals surface area contributed by atoms with E-state index in [-0.39, 0.29) is 12.4 Å². The third-order valence-electron chi connectivity index (χ3n) is 4.16. The van der Waals surface area contributed by atoms with Gasteiger partial charge in [-0.2, -0.15) is 0 Å². The number of benzene rings is 2. The predicted octanol–water partition coefficient (Wildman–Crippen LogP) is 6.67. The smallest absolute Gasteiger partial charge is 0.161 e. The number of hydrogen-bond donors (Lipinski definition) is 1. The second-order valence-electron chi connectivity index (χ2n) is 6.25. The molecule has 0 bridgehead atoms. The van der Waals surface area contributed by atoms with E-state index < -0.39 is 0 Å². The van der Waals surface area contributed by atoms with E-state index in [1.54, 1.807) is 19.2 Å². The Morgan fingerprint density at radius 3 is 2.48 bits per heavy atom. The Morgan fingerprint density at radius 1 is 0.963 bits per heavy atom. The quantitative estimate of drug-likeness (QED) is 0.402. The third kappa shape index (κ3) is 8.18. The van der Waals surface area contributed by atoms with E-state index >= 15 is 0 Å². The summed E-state index contributed by atoms with van der Waals surface area (Å²) < 4.78 is 11.4. The van der Waals surface area contributed by atoms with Gasteiger partial charge in [0.25, 0.3) is 0 Å². The molecule has 0 aromatic heterocycles. The third-order valence-corrected chi connectivity index (χ3v) is 4.75. The fourth-order valence-corrected chi connectivity index (χ4v) is 3.11. The van der Waals surface area contributed by atoms with Crippen LogP contribution in [0.3, 0.4) is 0 Å². The van der Waals surface area contributed by atoms with Gasteiger partial charge in [0.2, 0.25) is 0 Å². The van der Waals surface area contributed by atoms with E-state index in [4.69, 9.17) is 32.7 Å². The van der Waals surface area contributed by atoms with Crippen LogP contribution in [0.4, 0.5) is 0 Å². The molecule has 0 aliphatic rings. The molecule has 27 heavy (non-hydrogen) atoms. The molecule has 2 aromatic rings. The van der Waals surface area contributed by atoms with Gasteiger partial charge >= 0.3 is 0 Å². The Bertz CT molecular complexity index is 695. The van der Waals surface area contributed by atoms with E-state index in [9.17, 15) is 0 Å². The summed E-state index contributed by atoms with van der Waals surface area (Å²) in [5.74, 6) is 1.42. The topological polar surface area (TPSA) is 30.5 Å². The number of halogens is 3. The zero-order valence-corrected chi connectivity index (χ0v) is 18.2. The molecule has 150 valence electrons. The number of hydrogen-bond acceptors (Lipinski definition) is 3. The van der Waals surface area contributed by atoms with Crippen molar-refractivity contribution < 1.29 is 9.47 Å². The molecule has 6 heteroatoms. The Morgan fingerprint density at radius 2 is 1.78 bits per heavy atom. The fourth-order valence-electron chi connectivity index (χ4n) is 2.64. The SMILES string of the molecule is CCCCCCNCc1ccc(OCc2ccc(Cl)cc2Cl)c(OC)c1.Cl. The highest BCUT2D eigenvalue weighted by molar-refractivity contribution is 6.35. The van der Waals surface area contributed by atoms with Crippen molar-refractivity contribution in [2.24, 2.45) is 0 Å². The summed E-state index contributed by atoms with van der Waals surface area (Å²) in [4.78, 5) is 0. The van der Waals surface area contributed by atoms with E-state index in [2.05, 4.69) is 18.3 Å². The Balaban J connectivity index is 0.00000364. The van der Waals surface area contributed by atoms with Crippen LogP contribution in [0.15, 0.2) is 36.4 Å². The first-order valence-electron chi connectivity index (χ1n) is 9.08. The first-order valence-corrected chi connectivity index (χ1v) is 9.84. The van der Waals surface area contributed by atoms with Gasteiger partial charge in [-0.15, -0.1) is 12.4 Å². The molecule has 2 aromatic carbocycles. The first kappa shape index (κ1) is 23.9. The van der Waals surface area contributed by atoms with Crippen LogP contribution in [-0.2, 0) is 13.2 Å². The molecule has 1 N–H and O–H groups in total. The van der Waals surface area contributed by atoms with Crippen LogP contribution in [-0.4, -0.2) is 13.7 Å². The summed E-state index contributed by atoms with van der Waals surface area (Å²) >= 11 is 12.1. The van der Waals surface area contributed by atoms with Crippen LogP contribution in [0.2, 0.25) is 10.0 Å². The van der Waals surface area contributed by atoms with Gasteiger partial charge in [-0.1, -0.05) is 61.5 Å². The monoisotopic (exact) mass is 431 g/mol. The van der Waals surface area contributed by atoms with Crippen molar-refractivity contribution >= 4 is 35.6 Å². The van der Waals surface area contributed by atoms with Gasteiger partial charge in [-0.25, -0.2) is 0 Å². The van der Waals surface area contributed by atoms with E-state index in [0.29, 0.717) is 22.4 Å². The minimum atomic E-state index is 0. The van der Waals surface area contributed by atoms with Crippen LogP contribution in [0, 0.1) is 0 Å². The maximum Gasteiger partial charge on any atom is 0.161 e. The van der Waals surface area contributed by atoms with Crippen molar-refractivity contribution in [3.63, 3.8) is 0 Å². The molecule has 2 rings (SSSR count). The number of rotatable bonds is 11. The minimum Gasteiger partial charge on any atom is -0.493 e. The van der Waals surface area contributed by atoms with Crippen molar-refractivity contribution in [1.29, 1.82) is 0 Å². The molecule has 0 radical (unpaired) electrons. The second kappa shape index (κ2) is 13.1. The number of nitrogens with one attached hydrogen (secondary N) is 1. The standard InChI is InChI=1S/C21H27Cl2NO2.ClH/c1-3-4-5-6-11-24-14-16-7-10-20(21(12-16)25-2)26-15-17-8-9-18(22)13-19(17)23;/h7-10,12-13,24H,3-6,11,14-15H2,1-2H3;1H. The van der Waals surface area contributed by atoms with Crippen LogP contribution in [0.5, 0.6) is 11.5 Å². The molecule has 0 saturated carbocycles. The molecule has 0 heterocycles. The zero-order chi connectivity index (χ0) is 18.8. The van der Waals surface area contributed by atoms with Crippen LogP contribution < -0.4 is 14.8 Å². The number of methoxy groups -OCH3 is 1. The lowest BCUT2D eigenvalue weighted by atomic mass is 10.2. The summed E-state index contributed by atoms with van der Waals surface area (Å²) in [5, 5.41) is 4.69. The summed E-state index contributed by atoms with van der Waals surface area (Å²) in [5.41, 5.74) is 2.06. The van der Waals surface area contributed by atoms with Gasteiger partial charge in [-0.05, 0) is 42.8 Å². The van der Waals surface area contributed by atoms with Gasteiger partial charge < -0.3 is 14.8 Å². The molecule has 0 saturated heterocycles. The molecule has 0 atom stereocenters. The zero-order valence-electron chi connectivity index (χ0n) is 15.9. The van der Waals surface area contributed by atoms with Crippen molar-refractivity contribution in [3.05, 3.63) is 57.6 Å². The average Bonchev–Trinajstić information content (AvgIpc) is 2.64. The lowest BCUT2D eigenvalue weighted by Gasteiger charge is -2.13. The summed E-state index contributed by atoms with van der Waals surface area (Å²) in [6.07, 6.45) is 5.07. The van der Waals surface area contributed by atoms with E-state index in [1.165, 1.54) is 31.2 Å². The fraction of sp³-hybridized carbons (Fsp3) is 0.429. The van der Waals surface area contributed by atoms with Gasteiger partial charge in [0.15, 0.2) is 11.5 Å². The molecular weight excluding hydrogens is 405 g/mol. The van der Waals surface area contributed by atoms with Gasteiger partial charge in [-0.3, -0.25) is 0 Å². The maximum atomic E-state index is 6.19. The Hall–Kier alpha value is -1.13. The molecule has 0 unspecified atom stereocenters. The van der Waals surface area contributed by atoms with Gasteiger partial charge in [0, 0.05) is 22.2 Å². The Kier molecular flexibility index (Phi) is 11.6. The van der Waals surface area contributed by atoms with Gasteiger partial charge in [0.1, 0.15) is 6.61 Å². The largest absolute Gasteiger partial charge is 0.493 e. The first-order chi connectivity index (χ1) is 12.6. The molecule has 0 spiro atoms. The molecule has 0 fully saturated rings. The van der Waals surface area contributed by atoms with Crippen LogP contribution >= 0.6 is 35.6 Å². The van der Waals surface area contributed by atoms with Crippen molar-refractivity contribution in [2.75, 3.05) is 13.7 Å². The van der Waals surface area contributed by atoms with E-state index in [1.807, 2.05) is 18.2 Å². The predicted molar refractivity (Wildman–Crippen MR) is 117 cm³/mol. The molecule has 3 nitrogen and oxygen atoms in total. The van der Waals surface area contributed by atoms with Crippen molar-refractivity contribution in [3.8, 4) is 11.5 Å². The van der Waals surface area contributed by atoms with Gasteiger partial charge in [0.05, 0.1) is 7.11 Å². The molecule has 0 aliphatic heterocycles. The summed E-state index contributed by atoms with van der Waals surface area (Å²) in [6, 6.07) is 11.4. The highest BCUT2D eigenvalue weighted by Crippen LogP contribution is 2.30. The van der Waals surface area contributed by atoms with E-state index in [0.717, 1.165) is 24.4 Å². The number of unbranched alkanes of at least 4 members (excludes halogenated alkanes) is 3. The molecule has 0 aliphatic carbocycles. The number of ether oxygens (including phenoxy) is 2. The van der Waals surface area contributed by atoms with Crippen molar-refractivity contribution in [1.82, 2.24) is 5.32 Å². The lowest BCUT2D eigenvalue weighted by Crippen LogP contribution is -2.14. The molecular formula is C21H28Cl3NO2. The normalized spacial score (nSPS) is 10.4. The van der Waals surface area contributed by atoms with Crippen molar-refractivity contribution in [2.45, 2.75) is 45.8 Å². The average molecular weight is 433 g/mol. The van der Waals surface area contributed by atoms with Crippen LogP contribution in [0.25, 0.3) is 0 Å². The maximum absolute atomic E-state index is 6.19. The summed E-state index contributed by atoms with van der Waals surface area (Å²) in [7, 11) is 1.65. The highest BCUT2D eigenvalue weighted by atomic mass is 35.5. The highest BCUT2D eigenvalue weighted by Gasteiger charge is 2.08. The lowest BCUT2D eigenvalue weighted by molar-refractivity contribution is 0.284. The molecule has 0 amide bonds.